The molecule has 3 rings (SSSR count). The van der Waals surface area contributed by atoms with Crippen LogP contribution in [0.5, 0.6) is 0 Å². The van der Waals surface area contributed by atoms with Crippen LogP contribution in [0.3, 0.4) is 0 Å². The van der Waals surface area contributed by atoms with E-state index in [1.54, 1.807) is 0 Å². The average molecular weight is 339 g/mol. The minimum atomic E-state index is 0.432. The molecule has 1 aromatic rings. The van der Waals surface area contributed by atoms with Gasteiger partial charge in [-0.05, 0) is 53.5 Å². The molecule has 0 bridgehead atoms. The van der Waals surface area contributed by atoms with Crippen molar-refractivity contribution in [1.82, 2.24) is 5.32 Å². The Bertz CT molecular complexity index is 464. The van der Waals surface area contributed by atoms with Crippen molar-refractivity contribution in [2.24, 2.45) is 0 Å². The molecule has 1 aromatic carbocycles. The van der Waals surface area contributed by atoms with Gasteiger partial charge in [0.15, 0.2) is 0 Å². The number of hydrogen-bond acceptors (Lipinski definition) is 3. The summed E-state index contributed by atoms with van der Waals surface area (Å²) in [6, 6.07) is 7.28. The highest BCUT2D eigenvalue weighted by Crippen LogP contribution is 2.35. The lowest BCUT2D eigenvalue weighted by Crippen LogP contribution is -2.53. The SMILES string of the molecule is CNCc1ccc(N2CCOC3CCCCC32)c(Br)c1. The molecule has 3 nitrogen and oxygen atoms in total. The van der Waals surface area contributed by atoms with Gasteiger partial charge in [-0.1, -0.05) is 18.9 Å². The predicted molar refractivity (Wildman–Crippen MR) is 86.2 cm³/mol. The van der Waals surface area contributed by atoms with Crippen LogP contribution >= 0.6 is 15.9 Å². The minimum absolute atomic E-state index is 0.432. The quantitative estimate of drug-likeness (QED) is 0.914. The van der Waals surface area contributed by atoms with E-state index < -0.39 is 0 Å². The van der Waals surface area contributed by atoms with Gasteiger partial charge < -0.3 is 15.0 Å². The lowest BCUT2D eigenvalue weighted by Gasteiger charge is -2.45. The van der Waals surface area contributed by atoms with Gasteiger partial charge in [0.1, 0.15) is 0 Å². The Labute approximate surface area is 129 Å². The number of rotatable bonds is 3. The van der Waals surface area contributed by atoms with Crippen molar-refractivity contribution in [3.05, 3.63) is 28.2 Å². The Morgan fingerprint density at radius 1 is 1.35 bits per heavy atom. The highest BCUT2D eigenvalue weighted by atomic mass is 79.9. The number of hydrogen-bond donors (Lipinski definition) is 1. The van der Waals surface area contributed by atoms with Crippen molar-refractivity contribution >= 4 is 21.6 Å². The van der Waals surface area contributed by atoms with Gasteiger partial charge >= 0.3 is 0 Å². The number of ether oxygens (including phenoxy) is 1. The maximum Gasteiger partial charge on any atom is 0.0779 e. The Hall–Kier alpha value is -0.580. The number of anilines is 1. The first kappa shape index (κ1) is 14.4. The van der Waals surface area contributed by atoms with E-state index in [0.717, 1.165) is 19.7 Å². The fourth-order valence-electron chi connectivity index (χ4n) is 3.49. The molecule has 2 fully saturated rings. The average Bonchev–Trinajstić information content (AvgIpc) is 2.47. The van der Waals surface area contributed by atoms with Gasteiger partial charge in [-0.15, -0.1) is 0 Å². The summed E-state index contributed by atoms with van der Waals surface area (Å²) < 4.78 is 7.17. The van der Waals surface area contributed by atoms with Crippen LogP contribution in [0.2, 0.25) is 0 Å². The van der Waals surface area contributed by atoms with E-state index in [1.807, 2.05) is 7.05 Å². The lowest BCUT2D eigenvalue weighted by atomic mass is 9.89. The Morgan fingerprint density at radius 2 is 2.20 bits per heavy atom. The summed E-state index contributed by atoms with van der Waals surface area (Å²) in [6.45, 7) is 2.77. The number of benzene rings is 1. The number of fused-ring (bicyclic) bond motifs is 1. The molecule has 0 amide bonds. The second-order valence-electron chi connectivity index (χ2n) is 5.77. The number of nitrogens with zero attached hydrogens (tertiary/aromatic N) is 1. The van der Waals surface area contributed by atoms with Gasteiger partial charge in [0.25, 0.3) is 0 Å². The maximum atomic E-state index is 5.97. The van der Waals surface area contributed by atoms with Crippen LogP contribution in [0.15, 0.2) is 22.7 Å². The van der Waals surface area contributed by atoms with Gasteiger partial charge in [0, 0.05) is 17.6 Å². The fourth-order valence-corrected chi connectivity index (χ4v) is 4.15. The lowest BCUT2D eigenvalue weighted by molar-refractivity contribution is -0.00872. The Balaban J connectivity index is 1.83. The summed E-state index contributed by atoms with van der Waals surface area (Å²) in [5.74, 6) is 0. The Morgan fingerprint density at radius 3 is 3.00 bits per heavy atom. The molecule has 2 unspecified atom stereocenters. The number of halogens is 1. The molecule has 20 heavy (non-hydrogen) atoms. The molecular weight excluding hydrogens is 316 g/mol. The van der Waals surface area contributed by atoms with E-state index in [4.69, 9.17) is 4.74 Å². The highest BCUT2D eigenvalue weighted by molar-refractivity contribution is 9.10. The fraction of sp³-hybridized carbons (Fsp3) is 0.625. The monoisotopic (exact) mass is 338 g/mol. The van der Waals surface area contributed by atoms with Crippen molar-refractivity contribution in [2.75, 3.05) is 25.1 Å². The molecule has 2 aliphatic rings. The third-order valence-electron chi connectivity index (χ3n) is 4.43. The van der Waals surface area contributed by atoms with Crippen molar-refractivity contribution < 1.29 is 4.74 Å². The zero-order valence-corrected chi connectivity index (χ0v) is 13.7. The van der Waals surface area contributed by atoms with Gasteiger partial charge in [-0.3, -0.25) is 0 Å². The Kier molecular flexibility index (Phi) is 4.64. The van der Waals surface area contributed by atoms with E-state index in [2.05, 4.69) is 44.3 Å². The molecule has 1 saturated heterocycles. The second-order valence-corrected chi connectivity index (χ2v) is 6.62. The summed E-state index contributed by atoms with van der Waals surface area (Å²) in [5.41, 5.74) is 2.64. The van der Waals surface area contributed by atoms with E-state index in [0.29, 0.717) is 12.1 Å². The smallest absolute Gasteiger partial charge is 0.0779 e. The molecule has 0 radical (unpaired) electrons. The molecule has 1 heterocycles. The normalized spacial score (nSPS) is 26.4. The van der Waals surface area contributed by atoms with Crippen LogP contribution in [0.1, 0.15) is 31.2 Å². The summed E-state index contributed by atoms with van der Waals surface area (Å²) in [5, 5.41) is 3.20. The van der Waals surface area contributed by atoms with E-state index in [-0.39, 0.29) is 0 Å². The van der Waals surface area contributed by atoms with Gasteiger partial charge in [0.05, 0.1) is 24.4 Å². The standard InChI is InChI=1S/C16H23BrN2O/c1-18-11-12-6-7-14(13(17)10-12)19-8-9-20-16-5-3-2-4-15(16)19/h6-7,10,15-16,18H,2-5,8-9,11H2,1H3. The van der Waals surface area contributed by atoms with Crippen molar-refractivity contribution in [2.45, 2.75) is 44.4 Å². The van der Waals surface area contributed by atoms with Crippen molar-refractivity contribution in [1.29, 1.82) is 0 Å². The highest BCUT2D eigenvalue weighted by Gasteiger charge is 2.34. The molecule has 1 N–H and O–H groups in total. The second kappa shape index (κ2) is 6.46. The predicted octanol–water partition coefficient (Wildman–Crippen LogP) is 3.32. The van der Waals surface area contributed by atoms with E-state index in [9.17, 15) is 0 Å². The van der Waals surface area contributed by atoms with Crippen LogP contribution in [0, 0.1) is 0 Å². The van der Waals surface area contributed by atoms with Gasteiger partial charge in [-0.25, -0.2) is 0 Å². The van der Waals surface area contributed by atoms with E-state index >= 15 is 0 Å². The van der Waals surface area contributed by atoms with Crippen LogP contribution < -0.4 is 10.2 Å². The molecule has 1 aliphatic heterocycles. The van der Waals surface area contributed by atoms with Crippen LogP contribution in [0.25, 0.3) is 0 Å². The van der Waals surface area contributed by atoms with Crippen molar-refractivity contribution in [3.8, 4) is 0 Å². The number of nitrogens with one attached hydrogen (secondary N) is 1. The first-order valence-corrected chi connectivity index (χ1v) is 8.40. The largest absolute Gasteiger partial charge is 0.374 e. The molecule has 1 aliphatic carbocycles. The molecule has 0 aromatic heterocycles. The zero-order valence-electron chi connectivity index (χ0n) is 12.1. The molecule has 1 saturated carbocycles. The first-order valence-electron chi connectivity index (χ1n) is 7.61. The molecule has 110 valence electrons. The van der Waals surface area contributed by atoms with Gasteiger partial charge in [-0.2, -0.15) is 0 Å². The maximum absolute atomic E-state index is 5.97. The summed E-state index contributed by atoms with van der Waals surface area (Å²) in [6.07, 6.45) is 5.56. The topological polar surface area (TPSA) is 24.5 Å². The van der Waals surface area contributed by atoms with E-state index in [1.165, 1.54) is 41.4 Å². The summed E-state index contributed by atoms with van der Waals surface area (Å²) in [7, 11) is 1.98. The zero-order chi connectivity index (χ0) is 13.9. The van der Waals surface area contributed by atoms with Gasteiger partial charge in [0.2, 0.25) is 0 Å². The third kappa shape index (κ3) is 2.87. The third-order valence-corrected chi connectivity index (χ3v) is 5.07. The van der Waals surface area contributed by atoms with Crippen LogP contribution in [0.4, 0.5) is 5.69 Å². The number of morpholine rings is 1. The summed E-state index contributed by atoms with van der Waals surface area (Å²) in [4.78, 5) is 2.56. The molecule has 4 heteroatoms. The van der Waals surface area contributed by atoms with Crippen LogP contribution in [-0.2, 0) is 11.3 Å². The van der Waals surface area contributed by atoms with Crippen LogP contribution in [-0.4, -0.2) is 32.3 Å². The summed E-state index contributed by atoms with van der Waals surface area (Å²) >= 11 is 3.76. The molecular formula is C16H23BrN2O. The molecule has 0 spiro atoms. The minimum Gasteiger partial charge on any atom is -0.374 e. The first-order chi connectivity index (χ1) is 9.79. The molecule has 2 atom stereocenters. The van der Waals surface area contributed by atoms with Crippen molar-refractivity contribution in [3.63, 3.8) is 0 Å².